The number of hydrogen-bond acceptors (Lipinski definition) is 5. The summed E-state index contributed by atoms with van der Waals surface area (Å²) >= 11 is 0. The van der Waals surface area contributed by atoms with Gasteiger partial charge < -0.3 is 25.2 Å². The Morgan fingerprint density at radius 1 is 1.09 bits per heavy atom. The van der Waals surface area contributed by atoms with Gasteiger partial charge in [0.05, 0.1) is 13.0 Å². The van der Waals surface area contributed by atoms with E-state index in [1.54, 1.807) is 0 Å². The number of carbonyl (C=O) groups is 3. The fourth-order valence-electron chi connectivity index (χ4n) is 4.97. The number of fused-ring (bicyclic) bond motifs is 3. The highest BCUT2D eigenvalue weighted by Gasteiger charge is 2.30. The predicted molar refractivity (Wildman–Crippen MR) is 130 cm³/mol. The topological polar surface area (TPSA) is 114 Å². The molecule has 3 atom stereocenters. The molecular formula is C27H32N2O6. The molecule has 3 unspecified atom stereocenters. The second-order valence-corrected chi connectivity index (χ2v) is 9.41. The highest BCUT2D eigenvalue weighted by Crippen LogP contribution is 2.44. The number of ether oxygens (including phenoxy) is 2. The minimum absolute atomic E-state index is 0.00503. The molecule has 1 saturated heterocycles. The molecule has 0 aromatic heterocycles. The number of carbonyl (C=O) groups excluding carboxylic acids is 2. The van der Waals surface area contributed by atoms with Crippen molar-refractivity contribution in [3.8, 4) is 11.1 Å². The van der Waals surface area contributed by atoms with E-state index in [-0.39, 0.29) is 49.2 Å². The van der Waals surface area contributed by atoms with Crippen LogP contribution in [0.4, 0.5) is 4.79 Å². The van der Waals surface area contributed by atoms with Gasteiger partial charge in [0.25, 0.3) is 0 Å². The van der Waals surface area contributed by atoms with Gasteiger partial charge in [-0.3, -0.25) is 9.59 Å². The van der Waals surface area contributed by atoms with Gasteiger partial charge in [0.15, 0.2) is 0 Å². The SMILES string of the molecule is CC(CNC(=O)OCC1c2ccccc2-c2ccccc21)CC(=O)NC1CCOCC1CC(=O)O. The molecule has 35 heavy (non-hydrogen) atoms. The molecule has 0 saturated carbocycles. The molecule has 2 aromatic carbocycles. The van der Waals surface area contributed by atoms with Crippen LogP contribution >= 0.6 is 0 Å². The van der Waals surface area contributed by atoms with E-state index in [1.807, 2.05) is 31.2 Å². The van der Waals surface area contributed by atoms with Gasteiger partial charge in [-0.15, -0.1) is 0 Å². The van der Waals surface area contributed by atoms with E-state index in [1.165, 1.54) is 11.1 Å². The lowest BCUT2D eigenvalue weighted by atomic mass is 9.92. The first-order chi connectivity index (χ1) is 16.9. The summed E-state index contributed by atoms with van der Waals surface area (Å²) in [4.78, 5) is 35.9. The molecule has 186 valence electrons. The summed E-state index contributed by atoms with van der Waals surface area (Å²) in [6.45, 7) is 3.25. The van der Waals surface area contributed by atoms with Crippen LogP contribution in [0.3, 0.4) is 0 Å². The van der Waals surface area contributed by atoms with Crippen LogP contribution in [0.15, 0.2) is 48.5 Å². The smallest absolute Gasteiger partial charge is 0.407 e. The average molecular weight is 481 g/mol. The van der Waals surface area contributed by atoms with Crippen molar-refractivity contribution in [2.75, 3.05) is 26.4 Å². The molecule has 0 spiro atoms. The molecule has 2 amide bonds. The number of aliphatic carboxylic acids is 1. The molecule has 2 aliphatic rings. The Morgan fingerprint density at radius 3 is 2.40 bits per heavy atom. The summed E-state index contributed by atoms with van der Waals surface area (Å²) in [7, 11) is 0. The molecule has 4 rings (SSSR count). The summed E-state index contributed by atoms with van der Waals surface area (Å²) in [6, 6.07) is 16.1. The Morgan fingerprint density at radius 2 is 1.74 bits per heavy atom. The molecule has 1 fully saturated rings. The van der Waals surface area contributed by atoms with Crippen LogP contribution < -0.4 is 10.6 Å². The number of amides is 2. The second kappa shape index (κ2) is 11.4. The molecule has 2 aromatic rings. The number of rotatable bonds is 9. The zero-order chi connectivity index (χ0) is 24.8. The molecular weight excluding hydrogens is 448 g/mol. The van der Waals surface area contributed by atoms with Crippen molar-refractivity contribution >= 4 is 18.0 Å². The number of carboxylic acid groups (broad SMARTS) is 1. The first-order valence-corrected chi connectivity index (χ1v) is 12.1. The summed E-state index contributed by atoms with van der Waals surface area (Å²) < 4.78 is 10.9. The van der Waals surface area contributed by atoms with Crippen molar-refractivity contribution in [2.24, 2.45) is 11.8 Å². The first kappa shape index (κ1) is 24.7. The summed E-state index contributed by atoms with van der Waals surface area (Å²) in [5, 5.41) is 14.8. The number of benzene rings is 2. The van der Waals surface area contributed by atoms with Gasteiger partial charge >= 0.3 is 12.1 Å². The zero-order valence-corrected chi connectivity index (χ0v) is 19.9. The third kappa shape index (κ3) is 6.19. The number of hydrogen-bond donors (Lipinski definition) is 3. The summed E-state index contributed by atoms with van der Waals surface area (Å²) in [5.41, 5.74) is 4.65. The maximum Gasteiger partial charge on any atom is 0.407 e. The van der Waals surface area contributed by atoms with Gasteiger partial charge in [0.1, 0.15) is 6.61 Å². The average Bonchev–Trinajstić information content (AvgIpc) is 3.16. The van der Waals surface area contributed by atoms with Crippen LogP contribution in [0.25, 0.3) is 11.1 Å². The van der Waals surface area contributed by atoms with Crippen LogP contribution in [0.2, 0.25) is 0 Å². The van der Waals surface area contributed by atoms with Gasteiger partial charge in [0, 0.05) is 37.5 Å². The summed E-state index contributed by atoms with van der Waals surface area (Å²) in [6.07, 6.45) is 0.269. The molecule has 1 aliphatic heterocycles. The predicted octanol–water partition coefficient (Wildman–Crippen LogP) is 3.55. The molecule has 0 radical (unpaired) electrons. The van der Waals surface area contributed by atoms with E-state index < -0.39 is 12.1 Å². The molecule has 1 aliphatic carbocycles. The molecule has 8 heteroatoms. The van der Waals surface area contributed by atoms with E-state index in [0.29, 0.717) is 26.2 Å². The van der Waals surface area contributed by atoms with Crippen molar-refractivity contribution in [1.29, 1.82) is 0 Å². The molecule has 0 bridgehead atoms. The number of carboxylic acids is 1. The molecule has 8 nitrogen and oxygen atoms in total. The van der Waals surface area contributed by atoms with E-state index in [9.17, 15) is 14.4 Å². The third-order valence-corrected chi connectivity index (χ3v) is 6.73. The van der Waals surface area contributed by atoms with Crippen molar-refractivity contribution in [3.05, 3.63) is 59.7 Å². The van der Waals surface area contributed by atoms with Crippen LogP contribution in [0.1, 0.15) is 43.2 Å². The van der Waals surface area contributed by atoms with Crippen molar-refractivity contribution in [2.45, 2.75) is 38.1 Å². The van der Waals surface area contributed by atoms with Gasteiger partial charge in [0.2, 0.25) is 5.91 Å². The summed E-state index contributed by atoms with van der Waals surface area (Å²) in [5.74, 6) is -1.41. The maximum absolute atomic E-state index is 12.5. The van der Waals surface area contributed by atoms with Gasteiger partial charge in [-0.2, -0.15) is 0 Å². The number of nitrogens with one attached hydrogen (secondary N) is 2. The highest BCUT2D eigenvalue weighted by molar-refractivity contribution is 5.79. The van der Waals surface area contributed by atoms with Crippen LogP contribution in [0, 0.1) is 11.8 Å². The highest BCUT2D eigenvalue weighted by atomic mass is 16.5. The van der Waals surface area contributed by atoms with E-state index in [4.69, 9.17) is 14.6 Å². The Bertz CT molecular complexity index is 1030. The standard InChI is InChI=1S/C27H32N2O6/c1-17(12-25(30)29-24-10-11-34-15-18(24)13-26(31)32)14-28-27(33)35-16-23-21-8-4-2-6-19(21)20-7-3-5-9-22(20)23/h2-9,17-18,23-24H,10-16H2,1H3,(H,28,33)(H,29,30)(H,31,32). The van der Waals surface area contributed by atoms with E-state index in [2.05, 4.69) is 34.9 Å². The van der Waals surface area contributed by atoms with Crippen LogP contribution in [-0.2, 0) is 19.1 Å². The Kier molecular flexibility index (Phi) is 8.02. The fraction of sp³-hybridized carbons (Fsp3) is 0.444. The number of alkyl carbamates (subject to hydrolysis) is 1. The lowest BCUT2D eigenvalue weighted by Crippen LogP contribution is -2.46. The maximum atomic E-state index is 12.5. The van der Waals surface area contributed by atoms with Crippen LogP contribution in [0.5, 0.6) is 0 Å². The van der Waals surface area contributed by atoms with Gasteiger partial charge in [-0.05, 0) is 34.6 Å². The van der Waals surface area contributed by atoms with Crippen molar-refractivity contribution < 1.29 is 29.0 Å². The minimum Gasteiger partial charge on any atom is -0.481 e. The minimum atomic E-state index is -0.902. The van der Waals surface area contributed by atoms with Crippen LogP contribution in [-0.4, -0.2) is 55.5 Å². The molecule has 3 N–H and O–H groups in total. The first-order valence-electron chi connectivity index (χ1n) is 12.1. The van der Waals surface area contributed by atoms with Crippen molar-refractivity contribution in [3.63, 3.8) is 0 Å². The monoisotopic (exact) mass is 480 g/mol. The molecule has 1 heterocycles. The Balaban J connectivity index is 1.22. The third-order valence-electron chi connectivity index (χ3n) is 6.73. The second-order valence-electron chi connectivity index (χ2n) is 9.41. The van der Waals surface area contributed by atoms with E-state index in [0.717, 1.165) is 11.1 Å². The quantitative estimate of drug-likeness (QED) is 0.506. The Hall–Kier alpha value is -3.39. The van der Waals surface area contributed by atoms with Gasteiger partial charge in [-0.25, -0.2) is 4.79 Å². The van der Waals surface area contributed by atoms with Gasteiger partial charge in [-0.1, -0.05) is 55.5 Å². The lowest BCUT2D eigenvalue weighted by Gasteiger charge is -2.31. The zero-order valence-electron chi connectivity index (χ0n) is 19.9. The van der Waals surface area contributed by atoms with Crippen molar-refractivity contribution in [1.82, 2.24) is 10.6 Å². The fourth-order valence-corrected chi connectivity index (χ4v) is 4.97. The Labute approximate surface area is 205 Å². The van der Waals surface area contributed by atoms with E-state index >= 15 is 0 Å². The normalized spacial score (nSPS) is 19.8. The lowest BCUT2D eigenvalue weighted by molar-refractivity contribution is -0.140. The largest absolute Gasteiger partial charge is 0.481 e.